The Labute approximate surface area is 124 Å². The molecule has 5 heteroatoms. The smallest absolute Gasteiger partial charge is 0.244 e. The average molecular weight is 285 g/mol. The van der Waals surface area contributed by atoms with Gasteiger partial charge in [-0.05, 0) is 12.1 Å². The molecule has 0 atom stereocenters. The van der Waals surface area contributed by atoms with Crippen LogP contribution in [-0.4, -0.2) is 42.9 Å². The van der Waals surface area contributed by atoms with Crippen LogP contribution in [0.15, 0.2) is 49.6 Å². The molecule has 0 fully saturated rings. The zero-order valence-corrected chi connectivity index (χ0v) is 11.9. The molecule has 5 nitrogen and oxygen atoms in total. The fraction of sp³-hybridized carbons (Fsp3) is 0.250. The highest BCUT2D eigenvalue weighted by atomic mass is 16.2. The van der Waals surface area contributed by atoms with Crippen LogP contribution >= 0.6 is 0 Å². The van der Waals surface area contributed by atoms with Crippen molar-refractivity contribution in [3.8, 4) is 0 Å². The molecule has 21 heavy (non-hydrogen) atoms. The van der Waals surface area contributed by atoms with Crippen molar-refractivity contribution in [1.29, 1.82) is 0 Å². The van der Waals surface area contributed by atoms with Crippen molar-refractivity contribution in [3.05, 3.63) is 49.6 Å². The quantitative estimate of drug-likeness (QED) is 0.809. The highest BCUT2D eigenvalue weighted by Crippen LogP contribution is 2.28. The van der Waals surface area contributed by atoms with Gasteiger partial charge in [0.15, 0.2) is 0 Å². The molecule has 0 aliphatic carbocycles. The number of para-hydroxylation sites is 2. The number of fused-ring (bicyclic) bond motifs is 1. The molecule has 0 bridgehead atoms. The van der Waals surface area contributed by atoms with Gasteiger partial charge in [0.1, 0.15) is 6.54 Å². The lowest BCUT2D eigenvalue weighted by atomic mass is 10.2. The van der Waals surface area contributed by atoms with Crippen LogP contribution in [-0.2, 0) is 9.59 Å². The van der Waals surface area contributed by atoms with Crippen molar-refractivity contribution >= 4 is 23.2 Å². The molecular formula is C16H19N3O2. The minimum Gasteiger partial charge on any atom is -0.323 e. The summed E-state index contributed by atoms with van der Waals surface area (Å²) < 4.78 is 0. The minimum atomic E-state index is -0.180. The normalized spacial score (nSPS) is 13.6. The largest absolute Gasteiger partial charge is 0.323 e. The highest BCUT2D eigenvalue weighted by Gasteiger charge is 2.27. The summed E-state index contributed by atoms with van der Waals surface area (Å²) in [5, 5.41) is 2.77. The molecule has 0 radical (unpaired) electrons. The summed E-state index contributed by atoms with van der Waals surface area (Å²) in [6.45, 7) is 8.83. The van der Waals surface area contributed by atoms with Gasteiger partial charge in [-0.25, -0.2) is 0 Å². The number of nitrogens with one attached hydrogen (secondary N) is 1. The first-order valence-electron chi connectivity index (χ1n) is 6.79. The van der Waals surface area contributed by atoms with Crippen molar-refractivity contribution in [1.82, 2.24) is 4.90 Å². The molecule has 1 aliphatic heterocycles. The van der Waals surface area contributed by atoms with Gasteiger partial charge in [0, 0.05) is 13.1 Å². The van der Waals surface area contributed by atoms with E-state index in [2.05, 4.69) is 18.5 Å². The van der Waals surface area contributed by atoms with E-state index < -0.39 is 0 Å². The Hall–Kier alpha value is -2.40. The fourth-order valence-electron chi connectivity index (χ4n) is 2.30. The lowest BCUT2D eigenvalue weighted by molar-refractivity contribution is -0.122. The van der Waals surface area contributed by atoms with E-state index in [-0.39, 0.29) is 24.9 Å². The second-order valence-corrected chi connectivity index (χ2v) is 4.82. The van der Waals surface area contributed by atoms with Gasteiger partial charge in [-0.1, -0.05) is 24.3 Å². The molecule has 1 N–H and O–H groups in total. The highest BCUT2D eigenvalue weighted by molar-refractivity contribution is 6.10. The van der Waals surface area contributed by atoms with Crippen LogP contribution in [0.1, 0.15) is 0 Å². The Morgan fingerprint density at radius 1 is 1.29 bits per heavy atom. The summed E-state index contributed by atoms with van der Waals surface area (Å²) in [6, 6.07) is 7.30. The molecule has 1 heterocycles. The van der Waals surface area contributed by atoms with Crippen LogP contribution in [0.3, 0.4) is 0 Å². The van der Waals surface area contributed by atoms with Crippen molar-refractivity contribution < 1.29 is 9.59 Å². The summed E-state index contributed by atoms with van der Waals surface area (Å²) in [6.07, 6.45) is 3.49. The van der Waals surface area contributed by atoms with Crippen LogP contribution in [0.5, 0.6) is 0 Å². The van der Waals surface area contributed by atoms with E-state index in [1.807, 2.05) is 23.1 Å². The molecule has 1 aromatic carbocycles. The van der Waals surface area contributed by atoms with E-state index in [0.29, 0.717) is 18.8 Å². The maximum Gasteiger partial charge on any atom is 0.244 e. The molecule has 2 rings (SSSR count). The van der Waals surface area contributed by atoms with E-state index in [0.717, 1.165) is 5.69 Å². The summed E-state index contributed by atoms with van der Waals surface area (Å²) in [7, 11) is 0. The zero-order chi connectivity index (χ0) is 15.2. The van der Waals surface area contributed by atoms with Crippen molar-refractivity contribution in [3.63, 3.8) is 0 Å². The van der Waals surface area contributed by atoms with Gasteiger partial charge in [-0.2, -0.15) is 0 Å². The number of rotatable bonds is 6. The Kier molecular flexibility index (Phi) is 4.90. The molecule has 2 amide bonds. The summed E-state index contributed by atoms with van der Waals surface area (Å²) in [4.78, 5) is 27.7. The predicted octanol–water partition coefficient (Wildman–Crippen LogP) is 1.65. The first-order chi connectivity index (χ1) is 10.2. The summed E-state index contributed by atoms with van der Waals surface area (Å²) in [5.74, 6) is -0.290. The summed E-state index contributed by atoms with van der Waals surface area (Å²) in [5.41, 5.74) is 1.40. The average Bonchev–Trinajstić information content (AvgIpc) is 2.46. The van der Waals surface area contributed by atoms with Crippen molar-refractivity contribution in [2.45, 2.75) is 0 Å². The van der Waals surface area contributed by atoms with Crippen molar-refractivity contribution in [2.75, 3.05) is 36.4 Å². The van der Waals surface area contributed by atoms with Gasteiger partial charge >= 0.3 is 0 Å². The monoisotopic (exact) mass is 285 g/mol. The number of amides is 2. The van der Waals surface area contributed by atoms with Crippen molar-refractivity contribution in [2.24, 2.45) is 0 Å². The standard InChI is InChI=1S/C16H19N3O2/c1-3-9-18(10-4-2)12-16(21)19-11-15(20)17-13-7-5-6-8-14(13)19/h3-8H,1-2,9-12H2,(H,17,20). The first kappa shape index (κ1) is 15.0. The Morgan fingerprint density at radius 3 is 2.62 bits per heavy atom. The van der Waals surface area contributed by atoms with Crippen LogP contribution in [0.25, 0.3) is 0 Å². The Morgan fingerprint density at radius 2 is 1.95 bits per heavy atom. The molecule has 0 saturated carbocycles. The second kappa shape index (κ2) is 6.85. The summed E-state index contributed by atoms with van der Waals surface area (Å²) >= 11 is 0. The third-order valence-electron chi connectivity index (χ3n) is 3.21. The van der Waals surface area contributed by atoms with E-state index in [9.17, 15) is 9.59 Å². The van der Waals surface area contributed by atoms with Gasteiger partial charge in [-0.3, -0.25) is 19.4 Å². The molecule has 0 saturated heterocycles. The van der Waals surface area contributed by atoms with Gasteiger partial charge in [-0.15, -0.1) is 13.2 Å². The molecule has 110 valence electrons. The molecule has 1 aromatic rings. The SMILES string of the molecule is C=CCN(CC=C)CC(=O)N1CC(=O)Nc2ccccc21. The van der Waals surface area contributed by atoms with E-state index in [4.69, 9.17) is 0 Å². The lowest BCUT2D eigenvalue weighted by Gasteiger charge is -2.31. The maximum atomic E-state index is 12.5. The van der Waals surface area contributed by atoms with Gasteiger partial charge < -0.3 is 5.32 Å². The molecule has 1 aliphatic rings. The topological polar surface area (TPSA) is 52.7 Å². The Balaban J connectivity index is 2.17. The van der Waals surface area contributed by atoms with Gasteiger partial charge in [0.05, 0.1) is 17.9 Å². The number of hydrogen-bond donors (Lipinski definition) is 1. The van der Waals surface area contributed by atoms with E-state index >= 15 is 0 Å². The maximum absolute atomic E-state index is 12.5. The van der Waals surface area contributed by atoms with Crippen LogP contribution in [0, 0.1) is 0 Å². The predicted molar refractivity (Wildman–Crippen MR) is 84.3 cm³/mol. The Bertz CT molecular complexity index is 558. The molecular weight excluding hydrogens is 266 g/mol. The second-order valence-electron chi connectivity index (χ2n) is 4.82. The third kappa shape index (κ3) is 3.58. The fourth-order valence-corrected chi connectivity index (χ4v) is 2.30. The van der Waals surface area contributed by atoms with Crippen LogP contribution in [0.4, 0.5) is 11.4 Å². The first-order valence-corrected chi connectivity index (χ1v) is 6.79. The lowest BCUT2D eigenvalue weighted by Crippen LogP contribution is -2.46. The number of anilines is 2. The number of benzene rings is 1. The number of carbonyl (C=O) groups excluding carboxylic acids is 2. The van der Waals surface area contributed by atoms with Gasteiger partial charge in [0.2, 0.25) is 11.8 Å². The third-order valence-corrected chi connectivity index (χ3v) is 3.21. The number of hydrogen-bond acceptors (Lipinski definition) is 3. The van der Waals surface area contributed by atoms with Gasteiger partial charge in [0.25, 0.3) is 0 Å². The van der Waals surface area contributed by atoms with Crippen LogP contribution in [0.2, 0.25) is 0 Å². The minimum absolute atomic E-state index is 0.0475. The number of carbonyl (C=O) groups is 2. The van der Waals surface area contributed by atoms with E-state index in [1.54, 1.807) is 18.2 Å². The zero-order valence-electron chi connectivity index (χ0n) is 11.9. The molecule has 0 spiro atoms. The number of nitrogens with zero attached hydrogens (tertiary/aromatic N) is 2. The molecule has 0 unspecified atom stereocenters. The molecule has 0 aromatic heterocycles. The van der Waals surface area contributed by atoms with E-state index in [1.165, 1.54) is 4.90 Å². The van der Waals surface area contributed by atoms with Crippen LogP contribution < -0.4 is 10.2 Å².